The fourth-order valence-electron chi connectivity index (χ4n) is 1.94. The zero-order chi connectivity index (χ0) is 17.5. The second kappa shape index (κ2) is 6.04. The molecule has 0 saturated carbocycles. The van der Waals surface area contributed by atoms with E-state index in [1.807, 2.05) is 0 Å². The minimum absolute atomic E-state index is 0.642. The van der Waals surface area contributed by atoms with Gasteiger partial charge in [0.25, 0.3) is 0 Å². The van der Waals surface area contributed by atoms with E-state index in [9.17, 15) is 26.3 Å². The van der Waals surface area contributed by atoms with Gasteiger partial charge in [-0.15, -0.1) is 0 Å². The standard InChI is InChI=1S/C13F6IN3/c14-7-4(3(20)1-21)5-6(13(12(7)19)23-2-22)9(16)11(18)10(17)8(5)15/b4-3+,23-13?. The summed E-state index contributed by atoms with van der Waals surface area (Å²) in [7, 11) is 0. The Morgan fingerprint density at radius 1 is 0.826 bits per heavy atom. The second-order valence-electron chi connectivity index (χ2n) is 4.00. The van der Waals surface area contributed by atoms with Gasteiger partial charge >= 0.3 is 0 Å². The molecule has 0 unspecified atom stereocenters. The SMILES string of the molecule is N#CN=C1C(F)=C(F)/C(=C(/I)C#N)c2c(F)c(F)c(F)c(F)c21. The van der Waals surface area contributed by atoms with Gasteiger partial charge in [0, 0.05) is 11.1 Å². The van der Waals surface area contributed by atoms with E-state index in [2.05, 4.69) is 4.99 Å². The van der Waals surface area contributed by atoms with Crippen LogP contribution in [-0.2, 0) is 0 Å². The highest BCUT2D eigenvalue weighted by atomic mass is 127. The number of nitrogens with zero attached hydrogens (tertiary/aromatic N) is 3. The number of hydrogen-bond donors (Lipinski definition) is 0. The fourth-order valence-corrected chi connectivity index (χ4v) is 2.45. The normalized spacial score (nSPS) is 17.7. The summed E-state index contributed by atoms with van der Waals surface area (Å²) in [6, 6.07) is 1.37. The van der Waals surface area contributed by atoms with Crippen molar-refractivity contribution in [3.63, 3.8) is 0 Å². The van der Waals surface area contributed by atoms with E-state index in [-0.39, 0.29) is 0 Å². The first-order chi connectivity index (χ1) is 10.8. The number of aliphatic imine (C=N–C) groups is 1. The van der Waals surface area contributed by atoms with Crippen LogP contribution in [0.25, 0.3) is 5.57 Å². The zero-order valence-electron chi connectivity index (χ0n) is 10.5. The third kappa shape index (κ3) is 2.39. The Labute approximate surface area is 138 Å². The smallest absolute Gasteiger partial charge is 0.203 e. The number of fused-ring (bicyclic) bond motifs is 1. The van der Waals surface area contributed by atoms with Gasteiger partial charge in [-0.3, -0.25) is 0 Å². The van der Waals surface area contributed by atoms with E-state index in [1.54, 1.807) is 0 Å². The molecule has 3 nitrogen and oxygen atoms in total. The highest BCUT2D eigenvalue weighted by Crippen LogP contribution is 2.43. The number of hydrogen-bond acceptors (Lipinski definition) is 3. The molecule has 116 valence electrons. The number of nitriles is 2. The minimum atomic E-state index is -2.28. The molecule has 0 radical (unpaired) electrons. The van der Waals surface area contributed by atoms with E-state index in [0.29, 0.717) is 0 Å². The molecule has 1 aliphatic rings. The van der Waals surface area contributed by atoms with E-state index in [0.717, 1.165) is 6.19 Å². The zero-order valence-corrected chi connectivity index (χ0v) is 12.6. The van der Waals surface area contributed by atoms with Crippen molar-refractivity contribution in [2.45, 2.75) is 0 Å². The Balaban J connectivity index is 3.16. The monoisotopic (exact) mass is 439 g/mol. The van der Waals surface area contributed by atoms with Crippen molar-refractivity contribution in [2.75, 3.05) is 0 Å². The molecule has 0 fully saturated rings. The molecular formula is C13F6IN3. The first-order valence-electron chi connectivity index (χ1n) is 5.47. The van der Waals surface area contributed by atoms with Crippen LogP contribution < -0.4 is 0 Å². The Bertz CT molecular complexity index is 917. The Morgan fingerprint density at radius 3 is 1.83 bits per heavy atom. The van der Waals surface area contributed by atoms with Gasteiger partial charge in [-0.1, -0.05) is 0 Å². The lowest BCUT2D eigenvalue weighted by atomic mass is 9.88. The van der Waals surface area contributed by atoms with E-state index >= 15 is 0 Å². The first kappa shape index (κ1) is 17.0. The maximum atomic E-state index is 14.1. The molecule has 0 heterocycles. The molecule has 10 heteroatoms. The van der Waals surface area contributed by atoms with Gasteiger partial charge in [0.1, 0.15) is 15.4 Å². The molecule has 2 rings (SSSR count). The van der Waals surface area contributed by atoms with Crippen LogP contribution >= 0.6 is 22.6 Å². The van der Waals surface area contributed by atoms with Crippen LogP contribution in [0.3, 0.4) is 0 Å². The number of halogens is 7. The average Bonchev–Trinajstić information content (AvgIpc) is 2.54. The van der Waals surface area contributed by atoms with Crippen LogP contribution in [0.2, 0.25) is 0 Å². The lowest BCUT2D eigenvalue weighted by molar-refractivity contribution is 0.406. The Kier molecular flexibility index (Phi) is 4.47. The second-order valence-corrected chi connectivity index (χ2v) is 5.07. The summed E-state index contributed by atoms with van der Waals surface area (Å²) < 4.78 is 82.2. The molecule has 23 heavy (non-hydrogen) atoms. The third-order valence-corrected chi connectivity index (χ3v) is 3.63. The average molecular weight is 439 g/mol. The van der Waals surface area contributed by atoms with Gasteiger partial charge < -0.3 is 0 Å². The Hall–Kier alpha value is -2.34. The van der Waals surface area contributed by atoms with Gasteiger partial charge in [0.05, 0.1) is 5.56 Å². The largest absolute Gasteiger partial charge is 0.206 e. The molecule has 1 aliphatic carbocycles. The quantitative estimate of drug-likeness (QED) is 0.151. The van der Waals surface area contributed by atoms with Crippen LogP contribution in [0.4, 0.5) is 26.3 Å². The van der Waals surface area contributed by atoms with Crippen molar-refractivity contribution in [1.82, 2.24) is 0 Å². The van der Waals surface area contributed by atoms with Crippen molar-refractivity contribution >= 4 is 33.9 Å². The van der Waals surface area contributed by atoms with Crippen LogP contribution in [0.1, 0.15) is 11.1 Å². The molecule has 0 aliphatic heterocycles. The van der Waals surface area contributed by atoms with Crippen LogP contribution in [-0.4, -0.2) is 5.71 Å². The summed E-state index contributed by atoms with van der Waals surface area (Å²) in [4.78, 5) is 2.79. The molecule has 0 atom stereocenters. The predicted octanol–water partition coefficient (Wildman–Crippen LogP) is 4.35. The maximum Gasteiger partial charge on any atom is 0.206 e. The lowest BCUT2D eigenvalue weighted by Crippen LogP contribution is -2.20. The van der Waals surface area contributed by atoms with Crippen LogP contribution in [0.15, 0.2) is 20.2 Å². The highest BCUT2D eigenvalue weighted by Gasteiger charge is 2.39. The van der Waals surface area contributed by atoms with E-state index in [4.69, 9.17) is 10.5 Å². The van der Waals surface area contributed by atoms with Crippen molar-refractivity contribution in [3.8, 4) is 12.3 Å². The molecule has 0 bridgehead atoms. The van der Waals surface area contributed by atoms with E-state index in [1.165, 1.54) is 28.7 Å². The maximum absolute atomic E-state index is 14.1. The van der Waals surface area contributed by atoms with Gasteiger partial charge in [0.2, 0.25) is 6.19 Å². The van der Waals surface area contributed by atoms with Crippen molar-refractivity contribution in [2.24, 2.45) is 4.99 Å². The van der Waals surface area contributed by atoms with Crippen LogP contribution in [0, 0.1) is 46.1 Å². The van der Waals surface area contributed by atoms with Crippen molar-refractivity contribution < 1.29 is 26.3 Å². The van der Waals surface area contributed by atoms with Gasteiger partial charge in [0.15, 0.2) is 34.9 Å². The Morgan fingerprint density at radius 2 is 1.35 bits per heavy atom. The number of allylic oxidation sites excluding steroid dienone is 4. The summed E-state index contributed by atoms with van der Waals surface area (Å²) in [5.41, 5.74) is -4.92. The summed E-state index contributed by atoms with van der Waals surface area (Å²) in [6.45, 7) is 0. The van der Waals surface area contributed by atoms with Gasteiger partial charge in [-0.2, -0.15) is 15.5 Å². The topological polar surface area (TPSA) is 59.9 Å². The van der Waals surface area contributed by atoms with Gasteiger partial charge in [-0.25, -0.2) is 26.3 Å². The summed E-state index contributed by atoms with van der Waals surface area (Å²) in [5.74, 6) is -12.4. The molecule has 0 aromatic heterocycles. The highest BCUT2D eigenvalue weighted by molar-refractivity contribution is 14.1. The van der Waals surface area contributed by atoms with Gasteiger partial charge in [-0.05, 0) is 22.6 Å². The first-order valence-corrected chi connectivity index (χ1v) is 6.55. The number of benzene rings is 1. The third-order valence-electron chi connectivity index (χ3n) is 2.85. The molecular weight excluding hydrogens is 439 g/mol. The molecule has 0 N–H and O–H groups in total. The molecule has 1 aromatic carbocycles. The summed E-state index contributed by atoms with van der Waals surface area (Å²) in [6.07, 6.45) is 1.03. The van der Waals surface area contributed by atoms with Crippen LogP contribution in [0.5, 0.6) is 0 Å². The molecule has 0 amide bonds. The summed E-state index contributed by atoms with van der Waals surface area (Å²) in [5, 5.41) is 17.2. The van der Waals surface area contributed by atoms with Crippen molar-refractivity contribution in [1.29, 1.82) is 10.5 Å². The predicted molar refractivity (Wildman–Crippen MR) is 74.2 cm³/mol. The van der Waals surface area contributed by atoms with Crippen molar-refractivity contribution in [3.05, 3.63) is 49.6 Å². The molecule has 0 spiro atoms. The lowest BCUT2D eigenvalue weighted by Gasteiger charge is -2.20. The molecule has 1 aromatic rings. The molecule has 0 saturated heterocycles. The van der Waals surface area contributed by atoms with E-state index < -0.39 is 60.9 Å². The number of rotatable bonds is 0. The fraction of sp³-hybridized carbons (Fsp3) is 0. The summed E-state index contributed by atoms with van der Waals surface area (Å²) >= 11 is 1.19. The minimum Gasteiger partial charge on any atom is -0.203 e.